The molecule has 2 aliphatic rings. The Kier molecular flexibility index (Phi) is 4.32. The third-order valence-corrected chi connectivity index (χ3v) is 5.73. The van der Waals surface area contributed by atoms with Crippen molar-refractivity contribution >= 4 is 0 Å². The zero-order valence-corrected chi connectivity index (χ0v) is 14.8. The molecule has 2 nitrogen and oxygen atoms in total. The zero-order valence-electron chi connectivity index (χ0n) is 14.8. The van der Waals surface area contributed by atoms with Gasteiger partial charge in [-0.25, -0.2) is 0 Å². The van der Waals surface area contributed by atoms with Gasteiger partial charge in [0.05, 0.1) is 7.11 Å². The number of likely N-dealkylation sites (tertiary alicyclic amines) is 1. The molecule has 0 aromatic heterocycles. The van der Waals surface area contributed by atoms with Crippen molar-refractivity contribution in [2.75, 3.05) is 20.2 Å². The van der Waals surface area contributed by atoms with Crippen molar-refractivity contribution in [3.05, 3.63) is 53.1 Å². The van der Waals surface area contributed by atoms with Crippen LogP contribution >= 0.6 is 0 Å². The van der Waals surface area contributed by atoms with E-state index in [-0.39, 0.29) is 0 Å². The van der Waals surface area contributed by atoms with Gasteiger partial charge >= 0.3 is 0 Å². The molecule has 2 heteroatoms. The van der Waals surface area contributed by atoms with Crippen LogP contribution in [0.2, 0.25) is 0 Å². The van der Waals surface area contributed by atoms with Crippen LogP contribution in [-0.2, 0) is 12.8 Å². The molecule has 1 atom stereocenters. The molecule has 0 spiro atoms. The molecule has 126 valence electrons. The number of hydrogen-bond donors (Lipinski definition) is 0. The van der Waals surface area contributed by atoms with Gasteiger partial charge in [-0.05, 0) is 80.9 Å². The van der Waals surface area contributed by atoms with Gasteiger partial charge in [0.15, 0.2) is 0 Å². The topological polar surface area (TPSA) is 12.5 Å². The molecule has 0 N–H and O–H groups in total. The average Bonchev–Trinajstić information content (AvgIpc) is 3.15. The molecule has 1 saturated heterocycles. The normalized spacial score (nSPS) is 20.8. The molecular formula is C22H27NO. The fourth-order valence-corrected chi connectivity index (χ4v) is 4.37. The van der Waals surface area contributed by atoms with E-state index in [0.29, 0.717) is 0 Å². The Labute approximate surface area is 145 Å². The Bertz CT molecular complexity index is 731. The van der Waals surface area contributed by atoms with Crippen molar-refractivity contribution in [3.63, 3.8) is 0 Å². The number of fused-ring (bicyclic) bond motifs is 1. The van der Waals surface area contributed by atoms with Gasteiger partial charge in [0.1, 0.15) is 5.75 Å². The molecule has 0 amide bonds. The smallest absolute Gasteiger partial charge is 0.126 e. The number of nitrogens with zero attached hydrogens (tertiary/aromatic N) is 1. The second-order valence-corrected chi connectivity index (χ2v) is 7.33. The lowest BCUT2D eigenvalue weighted by Gasteiger charge is -2.32. The zero-order chi connectivity index (χ0) is 16.5. The van der Waals surface area contributed by atoms with E-state index in [4.69, 9.17) is 4.74 Å². The number of ether oxygens (including phenoxy) is 1. The summed E-state index contributed by atoms with van der Waals surface area (Å²) in [5, 5.41) is 0. The Hall–Kier alpha value is -1.80. The SMILES string of the molecule is COc1ccc(C)cc1-c1ccc2c(c1)CCC(N1CCCC1)C2. The summed E-state index contributed by atoms with van der Waals surface area (Å²) in [6.07, 6.45) is 6.51. The van der Waals surface area contributed by atoms with Crippen molar-refractivity contribution in [2.24, 2.45) is 0 Å². The van der Waals surface area contributed by atoms with Gasteiger partial charge in [-0.1, -0.05) is 29.8 Å². The van der Waals surface area contributed by atoms with Crippen LogP contribution in [0, 0.1) is 6.92 Å². The quantitative estimate of drug-likeness (QED) is 0.817. The summed E-state index contributed by atoms with van der Waals surface area (Å²) in [6.45, 7) is 4.75. The van der Waals surface area contributed by atoms with Crippen LogP contribution in [0.15, 0.2) is 36.4 Å². The van der Waals surface area contributed by atoms with Crippen LogP contribution in [-0.4, -0.2) is 31.1 Å². The van der Waals surface area contributed by atoms with E-state index < -0.39 is 0 Å². The highest BCUT2D eigenvalue weighted by Gasteiger charge is 2.26. The largest absolute Gasteiger partial charge is 0.496 e. The van der Waals surface area contributed by atoms with Gasteiger partial charge in [0.2, 0.25) is 0 Å². The Morgan fingerprint density at radius 3 is 2.62 bits per heavy atom. The van der Waals surface area contributed by atoms with E-state index in [1.807, 2.05) is 0 Å². The summed E-state index contributed by atoms with van der Waals surface area (Å²) in [4.78, 5) is 2.71. The van der Waals surface area contributed by atoms with Crippen LogP contribution in [0.25, 0.3) is 11.1 Å². The third-order valence-electron chi connectivity index (χ3n) is 5.73. The van der Waals surface area contributed by atoms with Crippen molar-refractivity contribution in [1.29, 1.82) is 0 Å². The molecule has 1 unspecified atom stereocenters. The van der Waals surface area contributed by atoms with Gasteiger partial charge < -0.3 is 9.64 Å². The summed E-state index contributed by atoms with van der Waals surface area (Å²) < 4.78 is 5.58. The molecule has 0 saturated carbocycles. The molecule has 1 aliphatic carbocycles. The summed E-state index contributed by atoms with van der Waals surface area (Å²) >= 11 is 0. The van der Waals surface area contributed by atoms with Gasteiger partial charge in [0, 0.05) is 11.6 Å². The molecule has 1 aliphatic heterocycles. The molecule has 24 heavy (non-hydrogen) atoms. The van der Waals surface area contributed by atoms with E-state index in [9.17, 15) is 0 Å². The molecule has 1 heterocycles. The minimum absolute atomic E-state index is 0.763. The fraction of sp³-hybridized carbons (Fsp3) is 0.455. The maximum Gasteiger partial charge on any atom is 0.126 e. The third kappa shape index (κ3) is 2.95. The molecule has 2 aromatic carbocycles. The molecule has 4 rings (SSSR count). The number of methoxy groups -OCH3 is 1. The van der Waals surface area contributed by atoms with E-state index in [0.717, 1.165) is 11.8 Å². The molecule has 0 bridgehead atoms. The number of benzene rings is 2. The minimum atomic E-state index is 0.763. The van der Waals surface area contributed by atoms with E-state index in [1.165, 1.54) is 67.4 Å². The first-order chi connectivity index (χ1) is 11.7. The first-order valence-electron chi connectivity index (χ1n) is 9.25. The second-order valence-electron chi connectivity index (χ2n) is 7.33. The maximum atomic E-state index is 5.58. The van der Waals surface area contributed by atoms with Gasteiger partial charge in [0.25, 0.3) is 0 Å². The second kappa shape index (κ2) is 6.60. The lowest BCUT2D eigenvalue weighted by atomic mass is 9.85. The first kappa shape index (κ1) is 15.7. The molecular weight excluding hydrogens is 294 g/mol. The van der Waals surface area contributed by atoms with Crippen molar-refractivity contribution < 1.29 is 4.74 Å². The van der Waals surface area contributed by atoms with Crippen LogP contribution in [0.3, 0.4) is 0 Å². The van der Waals surface area contributed by atoms with Crippen molar-refractivity contribution in [1.82, 2.24) is 4.90 Å². The Morgan fingerprint density at radius 1 is 1.00 bits per heavy atom. The Balaban J connectivity index is 1.62. The molecule has 1 fully saturated rings. The fourth-order valence-electron chi connectivity index (χ4n) is 4.37. The van der Waals surface area contributed by atoms with Crippen LogP contribution in [0.1, 0.15) is 36.0 Å². The van der Waals surface area contributed by atoms with Gasteiger partial charge in [-0.2, -0.15) is 0 Å². The predicted octanol–water partition coefficient (Wildman–Crippen LogP) is 4.62. The predicted molar refractivity (Wildman–Crippen MR) is 99.8 cm³/mol. The first-order valence-corrected chi connectivity index (χ1v) is 9.25. The summed E-state index contributed by atoms with van der Waals surface area (Å²) in [5.74, 6) is 0.964. The highest BCUT2D eigenvalue weighted by atomic mass is 16.5. The van der Waals surface area contributed by atoms with Crippen molar-refractivity contribution in [3.8, 4) is 16.9 Å². The molecule has 0 radical (unpaired) electrons. The lowest BCUT2D eigenvalue weighted by molar-refractivity contribution is 0.222. The van der Waals surface area contributed by atoms with Gasteiger partial charge in [-0.15, -0.1) is 0 Å². The minimum Gasteiger partial charge on any atom is -0.496 e. The lowest BCUT2D eigenvalue weighted by Crippen LogP contribution is -2.37. The number of rotatable bonds is 3. The number of hydrogen-bond acceptors (Lipinski definition) is 2. The van der Waals surface area contributed by atoms with Crippen LogP contribution in [0.4, 0.5) is 0 Å². The highest BCUT2D eigenvalue weighted by Crippen LogP contribution is 2.34. The highest BCUT2D eigenvalue weighted by molar-refractivity contribution is 5.72. The van der Waals surface area contributed by atoms with E-state index in [1.54, 1.807) is 12.7 Å². The van der Waals surface area contributed by atoms with E-state index >= 15 is 0 Å². The maximum absolute atomic E-state index is 5.58. The summed E-state index contributed by atoms with van der Waals surface area (Å²) in [7, 11) is 1.76. The Morgan fingerprint density at radius 2 is 1.83 bits per heavy atom. The average molecular weight is 321 g/mol. The van der Waals surface area contributed by atoms with Crippen molar-refractivity contribution in [2.45, 2.75) is 45.1 Å². The summed E-state index contributed by atoms with van der Waals surface area (Å²) in [6, 6.07) is 14.2. The molecule has 2 aromatic rings. The van der Waals surface area contributed by atoms with E-state index in [2.05, 4.69) is 48.2 Å². The summed E-state index contributed by atoms with van der Waals surface area (Å²) in [5.41, 5.74) is 6.86. The monoisotopic (exact) mass is 321 g/mol. The van der Waals surface area contributed by atoms with Crippen LogP contribution < -0.4 is 4.74 Å². The standard InChI is InChI=1S/C22H27NO/c1-16-5-10-22(24-2)21(13-16)19-7-6-18-15-20(9-8-17(18)14-19)23-11-3-4-12-23/h5-7,10,13-14,20H,3-4,8-9,11-12,15H2,1-2H3. The van der Waals surface area contributed by atoms with Gasteiger partial charge in [-0.3, -0.25) is 0 Å². The number of aryl methyl sites for hydroxylation is 2. The van der Waals surface area contributed by atoms with Crippen LogP contribution in [0.5, 0.6) is 5.75 Å².